The first-order chi connectivity index (χ1) is 9.79. The van der Waals surface area contributed by atoms with E-state index in [4.69, 9.17) is 16.3 Å². The number of nitrogens with one attached hydrogen (secondary N) is 1. The Morgan fingerprint density at radius 3 is 2.71 bits per heavy atom. The Hall–Kier alpha value is -0.820. The Morgan fingerprint density at radius 1 is 1.57 bits per heavy atom. The van der Waals surface area contributed by atoms with Crippen molar-refractivity contribution < 1.29 is 9.29 Å². The van der Waals surface area contributed by atoms with Crippen LogP contribution in [0.1, 0.15) is 45.3 Å². The molecule has 0 aliphatic heterocycles. The summed E-state index contributed by atoms with van der Waals surface area (Å²) in [6, 6.07) is -0.256. The standard InChI is InChI=1S/C14H22ClN3O2S/c1-6-7-8-10(18-21(19)14(2,3)4)12-13(15)17-11(20-5)9-16-12/h6,9-10,18H,1,7-8H2,2-5H3/t10?,21-/m0/s1. The van der Waals surface area contributed by atoms with E-state index >= 15 is 0 Å². The summed E-state index contributed by atoms with van der Waals surface area (Å²) in [6.07, 6.45) is 4.75. The Bertz CT molecular complexity index is 480. The average Bonchev–Trinajstić information content (AvgIpc) is 2.42. The minimum atomic E-state index is -1.23. The third-order valence-corrected chi connectivity index (χ3v) is 4.63. The van der Waals surface area contributed by atoms with Gasteiger partial charge < -0.3 is 9.29 Å². The third-order valence-electron chi connectivity index (χ3n) is 2.74. The molecule has 0 spiro atoms. The van der Waals surface area contributed by atoms with Crippen molar-refractivity contribution in [2.45, 2.75) is 44.4 Å². The van der Waals surface area contributed by atoms with Gasteiger partial charge >= 0.3 is 0 Å². The highest BCUT2D eigenvalue weighted by Crippen LogP contribution is 2.27. The summed E-state index contributed by atoms with van der Waals surface area (Å²) in [5.41, 5.74) is 0.567. The van der Waals surface area contributed by atoms with Gasteiger partial charge in [-0.25, -0.2) is 0 Å². The zero-order valence-corrected chi connectivity index (χ0v) is 14.4. The molecular formula is C14H22ClN3O2S. The molecule has 21 heavy (non-hydrogen) atoms. The summed E-state index contributed by atoms with van der Waals surface area (Å²) in [5.74, 6) is 0.350. The number of hydrogen-bond acceptors (Lipinski definition) is 5. The molecule has 0 aromatic carbocycles. The zero-order valence-electron chi connectivity index (χ0n) is 12.9. The molecule has 0 amide bonds. The highest BCUT2D eigenvalue weighted by molar-refractivity contribution is 7.90. The van der Waals surface area contributed by atoms with Gasteiger partial charge in [0, 0.05) is 11.4 Å². The van der Waals surface area contributed by atoms with Crippen LogP contribution >= 0.6 is 11.6 Å². The summed E-state index contributed by atoms with van der Waals surface area (Å²) >= 11 is 4.93. The first kappa shape index (κ1) is 18.2. The van der Waals surface area contributed by atoms with Crippen molar-refractivity contribution in [3.63, 3.8) is 0 Å². The fourth-order valence-corrected chi connectivity index (χ4v) is 2.64. The Balaban J connectivity index is 2.99. The number of aromatic nitrogens is 2. The van der Waals surface area contributed by atoms with Gasteiger partial charge in [-0.3, -0.25) is 4.98 Å². The van der Waals surface area contributed by atoms with Gasteiger partial charge in [0.05, 0.1) is 25.0 Å². The largest absolute Gasteiger partial charge is 0.598 e. The maximum Gasteiger partial charge on any atom is 0.233 e. The fourth-order valence-electron chi connectivity index (χ4n) is 1.53. The molecule has 2 atom stereocenters. The number of methoxy groups -OCH3 is 1. The minimum absolute atomic E-state index is 0.252. The van der Waals surface area contributed by atoms with Crippen LogP contribution in [0, 0.1) is 0 Å². The minimum Gasteiger partial charge on any atom is -0.598 e. The lowest BCUT2D eigenvalue weighted by atomic mass is 10.1. The molecule has 0 aliphatic carbocycles. The number of halogens is 1. The average molecular weight is 332 g/mol. The Morgan fingerprint density at radius 2 is 2.24 bits per heavy atom. The molecular weight excluding hydrogens is 310 g/mol. The van der Waals surface area contributed by atoms with Gasteiger partial charge in [0.1, 0.15) is 4.75 Å². The monoisotopic (exact) mass is 331 g/mol. The molecule has 1 rings (SSSR count). The van der Waals surface area contributed by atoms with Crippen LogP contribution in [0.15, 0.2) is 18.9 Å². The van der Waals surface area contributed by atoms with Crippen LogP contribution < -0.4 is 9.46 Å². The zero-order chi connectivity index (χ0) is 16.0. The Kier molecular flexibility index (Phi) is 6.93. The summed E-state index contributed by atoms with van der Waals surface area (Å²) < 4.78 is 20.0. The molecule has 1 heterocycles. The van der Waals surface area contributed by atoms with E-state index in [0.717, 1.165) is 6.42 Å². The van der Waals surface area contributed by atoms with E-state index in [1.165, 1.54) is 13.3 Å². The van der Waals surface area contributed by atoms with Crippen LogP contribution in [0.2, 0.25) is 5.15 Å². The molecule has 1 N–H and O–H groups in total. The molecule has 0 saturated carbocycles. The van der Waals surface area contributed by atoms with E-state index in [1.807, 2.05) is 20.8 Å². The molecule has 0 aliphatic rings. The molecule has 0 saturated heterocycles. The first-order valence-corrected chi connectivity index (χ1v) is 8.17. The number of ether oxygens (including phenoxy) is 1. The van der Waals surface area contributed by atoms with Crippen LogP contribution in [0.4, 0.5) is 0 Å². The Labute approximate surface area is 134 Å². The van der Waals surface area contributed by atoms with Crippen LogP contribution in [-0.2, 0) is 11.4 Å². The van der Waals surface area contributed by atoms with E-state index in [0.29, 0.717) is 18.0 Å². The van der Waals surface area contributed by atoms with Crippen LogP contribution in [0.25, 0.3) is 0 Å². The van der Waals surface area contributed by atoms with E-state index in [9.17, 15) is 4.55 Å². The van der Waals surface area contributed by atoms with Crippen molar-refractivity contribution in [2.75, 3.05) is 7.11 Å². The summed E-state index contributed by atoms with van der Waals surface area (Å²) in [7, 11) is 1.50. The smallest absolute Gasteiger partial charge is 0.233 e. The molecule has 0 radical (unpaired) electrons. The van der Waals surface area contributed by atoms with Gasteiger partial charge in [0.25, 0.3) is 0 Å². The number of allylic oxidation sites excluding steroid dienone is 1. The van der Waals surface area contributed by atoms with Crippen LogP contribution in [-0.4, -0.2) is 26.4 Å². The molecule has 0 bridgehead atoms. The van der Waals surface area contributed by atoms with Crippen molar-refractivity contribution in [3.8, 4) is 5.88 Å². The van der Waals surface area contributed by atoms with E-state index in [-0.39, 0.29) is 15.9 Å². The predicted octanol–water partition coefficient (Wildman–Crippen LogP) is 3.20. The third kappa shape index (κ3) is 5.47. The van der Waals surface area contributed by atoms with Gasteiger partial charge in [-0.2, -0.15) is 4.98 Å². The number of hydrogen-bond donors (Lipinski definition) is 1. The van der Waals surface area contributed by atoms with Gasteiger partial charge in [0.2, 0.25) is 5.88 Å². The summed E-state index contributed by atoms with van der Waals surface area (Å²) in [6.45, 7) is 9.43. The van der Waals surface area contributed by atoms with Gasteiger partial charge in [-0.15, -0.1) is 11.3 Å². The second kappa shape index (κ2) is 7.98. The number of rotatable bonds is 7. The molecule has 1 aromatic rings. The molecule has 0 fully saturated rings. The maximum atomic E-state index is 12.3. The lowest BCUT2D eigenvalue weighted by Crippen LogP contribution is -2.41. The summed E-state index contributed by atoms with van der Waals surface area (Å²) in [5, 5.41) is 0.252. The first-order valence-electron chi connectivity index (χ1n) is 6.65. The summed E-state index contributed by atoms with van der Waals surface area (Å²) in [4.78, 5) is 8.39. The molecule has 1 unspecified atom stereocenters. The second-order valence-electron chi connectivity index (χ2n) is 5.51. The molecule has 7 heteroatoms. The molecule has 5 nitrogen and oxygen atoms in total. The lowest BCUT2D eigenvalue weighted by Gasteiger charge is -2.27. The van der Waals surface area contributed by atoms with Crippen LogP contribution in [0.3, 0.4) is 0 Å². The van der Waals surface area contributed by atoms with Crippen molar-refractivity contribution in [1.82, 2.24) is 14.7 Å². The van der Waals surface area contributed by atoms with Gasteiger partial charge in [0.15, 0.2) is 5.15 Å². The number of nitrogens with zero attached hydrogens (tertiary/aromatic N) is 2. The topological polar surface area (TPSA) is 70.1 Å². The SMILES string of the molecule is C=CCCC(N[S@@+]([O-])C(C)(C)C)c1ncc(OC)nc1Cl. The highest BCUT2D eigenvalue weighted by Gasteiger charge is 2.31. The molecule has 1 aromatic heterocycles. The van der Waals surface area contributed by atoms with Crippen molar-refractivity contribution in [3.05, 3.63) is 29.7 Å². The normalized spacial score (nSPS) is 14.6. The van der Waals surface area contributed by atoms with E-state index in [1.54, 1.807) is 6.08 Å². The van der Waals surface area contributed by atoms with Crippen molar-refractivity contribution in [2.24, 2.45) is 0 Å². The van der Waals surface area contributed by atoms with Gasteiger partial charge in [-0.1, -0.05) is 17.7 Å². The van der Waals surface area contributed by atoms with Crippen molar-refractivity contribution >= 4 is 23.0 Å². The predicted molar refractivity (Wildman–Crippen MR) is 86.8 cm³/mol. The fraction of sp³-hybridized carbons (Fsp3) is 0.571. The second-order valence-corrected chi connectivity index (χ2v) is 7.86. The lowest BCUT2D eigenvalue weighted by molar-refractivity contribution is 0.394. The highest BCUT2D eigenvalue weighted by atomic mass is 35.5. The van der Waals surface area contributed by atoms with Crippen LogP contribution in [0.5, 0.6) is 5.88 Å². The maximum absolute atomic E-state index is 12.3. The van der Waals surface area contributed by atoms with Crippen molar-refractivity contribution in [1.29, 1.82) is 0 Å². The molecule has 118 valence electrons. The van der Waals surface area contributed by atoms with Gasteiger partial charge in [-0.05, 0) is 33.6 Å². The van der Waals surface area contributed by atoms with E-state index in [2.05, 4.69) is 21.3 Å². The van der Waals surface area contributed by atoms with E-state index < -0.39 is 11.4 Å². The quantitative estimate of drug-likeness (QED) is 0.613.